The zero-order chi connectivity index (χ0) is 14.7. The van der Waals surface area contributed by atoms with Crippen molar-refractivity contribution in [1.82, 2.24) is 5.16 Å². The van der Waals surface area contributed by atoms with Gasteiger partial charge in [0, 0.05) is 0 Å². The van der Waals surface area contributed by atoms with Crippen LogP contribution < -0.4 is 5.73 Å². The summed E-state index contributed by atoms with van der Waals surface area (Å²) >= 11 is 0. The number of aryl methyl sites for hydroxylation is 1. The van der Waals surface area contributed by atoms with Crippen LogP contribution >= 0.6 is 0 Å². The molecular weight excluding hydrogens is 260 g/mol. The van der Waals surface area contributed by atoms with Crippen molar-refractivity contribution in [2.75, 3.05) is 5.73 Å². The summed E-state index contributed by atoms with van der Waals surface area (Å²) in [5.41, 5.74) is 10.6. The Hall–Kier alpha value is -2.81. The maximum atomic E-state index is 5.86. The average Bonchev–Trinajstić information content (AvgIpc) is 2.86. The first kappa shape index (κ1) is 13.2. The molecule has 0 bridgehead atoms. The Morgan fingerprint density at radius 2 is 1.57 bits per heavy atom. The van der Waals surface area contributed by atoms with Gasteiger partial charge in [-0.05, 0) is 29.7 Å². The third-order valence-electron chi connectivity index (χ3n) is 3.39. The van der Waals surface area contributed by atoms with Crippen LogP contribution in [-0.4, -0.2) is 5.16 Å². The van der Waals surface area contributed by atoms with Gasteiger partial charge in [0.1, 0.15) is 11.4 Å². The van der Waals surface area contributed by atoms with Crippen LogP contribution in [0.3, 0.4) is 0 Å². The predicted octanol–water partition coefficient (Wildman–Crippen LogP) is 4.40. The van der Waals surface area contributed by atoms with Gasteiger partial charge in [0.15, 0.2) is 5.76 Å². The largest absolute Gasteiger partial charge is 0.394 e. The quantitative estimate of drug-likeness (QED) is 0.771. The first-order chi connectivity index (χ1) is 10.2. The van der Waals surface area contributed by atoms with Crippen LogP contribution in [0.15, 0.2) is 59.1 Å². The van der Waals surface area contributed by atoms with Gasteiger partial charge >= 0.3 is 0 Å². The van der Waals surface area contributed by atoms with E-state index in [9.17, 15) is 0 Å². The third kappa shape index (κ3) is 2.87. The molecule has 2 N–H and O–H groups in total. The van der Waals surface area contributed by atoms with Gasteiger partial charge in [-0.3, -0.25) is 0 Å². The molecule has 104 valence electrons. The maximum Gasteiger partial charge on any atom is 0.157 e. The fourth-order valence-electron chi connectivity index (χ4n) is 2.11. The predicted molar refractivity (Wildman–Crippen MR) is 86.5 cm³/mol. The highest BCUT2D eigenvalue weighted by Crippen LogP contribution is 2.21. The molecule has 0 aliphatic carbocycles. The summed E-state index contributed by atoms with van der Waals surface area (Å²) in [5, 5.41) is 3.91. The molecule has 1 heterocycles. The first-order valence-electron chi connectivity index (χ1n) is 6.79. The lowest BCUT2D eigenvalue weighted by atomic mass is 10.0. The van der Waals surface area contributed by atoms with Gasteiger partial charge in [-0.1, -0.05) is 65.8 Å². The number of anilines is 1. The number of nitrogens with zero attached hydrogens (tertiary/aromatic N) is 1. The minimum absolute atomic E-state index is 0.590. The highest BCUT2D eigenvalue weighted by atomic mass is 16.5. The lowest BCUT2D eigenvalue weighted by Gasteiger charge is -2.01. The molecule has 3 rings (SSSR count). The smallest absolute Gasteiger partial charge is 0.157 e. The van der Waals surface area contributed by atoms with Gasteiger partial charge in [-0.2, -0.15) is 0 Å². The monoisotopic (exact) mass is 276 g/mol. The van der Waals surface area contributed by atoms with E-state index in [0.717, 1.165) is 5.56 Å². The van der Waals surface area contributed by atoms with Crippen LogP contribution in [0.4, 0.5) is 5.69 Å². The second-order valence-corrected chi connectivity index (χ2v) is 4.86. The van der Waals surface area contributed by atoms with Crippen LogP contribution in [0.1, 0.15) is 17.0 Å². The number of hydrogen-bond donors (Lipinski definition) is 1. The zero-order valence-corrected chi connectivity index (χ0v) is 11.8. The average molecular weight is 276 g/mol. The van der Waals surface area contributed by atoms with Gasteiger partial charge in [-0.15, -0.1) is 0 Å². The standard InChI is InChI=1S/C18H16N2O/c1-13-18(19)17(20-21-13)12-9-14-7-10-16(11-8-14)15-5-3-2-4-6-15/h2-12H,19H2,1H3. The maximum absolute atomic E-state index is 5.86. The van der Waals surface area contributed by atoms with Crippen molar-refractivity contribution < 1.29 is 4.52 Å². The molecule has 1 aromatic heterocycles. The van der Waals surface area contributed by atoms with E-state index in [1.807, 2.05) is 30.4 Å². The van der Waals surface area contributed by atoms with Gasteiger partial charge in [-0.25, -0.2) is 0 Å². The van der Waals surface area contributed by atoms with E-state index in [-0.39, 0.29) is 0 Å². The Balaban J connectivity index is 1.80. The van der Waals surface area contributed by atoms with Crippen LogP contribution in [0.25, 0.3) is 23.3 Å². The van der Waals surface area contributed by atoms with Crippen molar-refractivity contribution in [3.05, 3.63) is 71.6 Å². The van der Waals surface area contributed by atoms with Crippen LogP contribution in [0, 0.1) is 6.92 Å². The fourth-order valence-corrected chi connectivity index (χ4v) is 2.11. The molecule has 0 atom stereocenters. The summed E-state index contributed by atoms with van der Waals surface area (Å²) in [4.78, 5) is 0. The molecule has 0 aliphatic rings. The highest BCUT2D eigenvalue weighted by Gasteiger charge is 2.05. The summed E-state index contributed by atoms with van der Waals surface area (Å²) < 4.78 is 5.03. The van der Waals surface area contributed by atoms with E-state index in [1.165, 1.54) is 11.1 Å². The summed E-state index contributed by atoms with van der Waals surface area (Å²) in [6, 6.07) is 18.7. The molecule has 0 saturated heterocycles. The van der Waals surface area contributed by atoms with E-state index >= 15 is 0 Å². The molecule has 0 aliphatic heterocycles. The van der Waals surface area contributed by atoms with Gasteiger partial charge in [0.2, 0.25) is 0 Å². The summed E-state index contributed by atoms with van der Waals surface area (Å²) in [5.74, 6) is 0.647. The normalized spacial score (nSPS) is 11.1. The number of benzene rings is 2. The molecule has 3 aromatic rings. The molecular formula is C18H16N2O. The molecule has 3 nitrogen and oxygen atoms in total. The third-order valence-corrected chi connectivity index (χ3v) is 3.39. The van der Waals surface area contributed by atoms with Gasteiger partial charge in [0.05, 0.1) is 0 Å². The lowest BCUT2D eigenvalue weighted by molar-refractivity contribution is 0.397. The number of hydrogen-bond acceptors (Lipinski definition) is 3. The highest BCUT2D eigenvalue weighted by molar-refractivity contribution is 5.75. The van der Waals surface area contributed by atoms with Crippen molar-refractivity contribution in [1.29, 1.82) is 0 Å². The Kier molecular flexibility index (Phi) is 3.56. The van der Waals surface area contributed by atoms with E-state index in [0.29, 0.717) is 17.1 Å². The Labute approximate surface area is 123 Å². The van der Waals surface area contributed by atoms with Gasteiger partial charge < -0.3 is 10.3 Å². The molecule has 0 amide bonds. The summed E-state index contributed by atoms with van der Waals surface area (Å²) in [7, 11) is 0. The number of nitrogen functional groups attached to an aromatic ring is 1. The van der Waals surface area contributed by atoms with E-state index < -0.39 is 0 Å². The SMILES string of the molecule is Cc1onc(C=Cc2ccc(-c3ccccc3)cc2)c1N. The number of aromatic nitrogens is 1. The molecule has 0 saturated carbocycles. The van der Waals surface area contributed by atoms with Crippen molar-refractivity contribution in [2.24, 2.45) is 0 Å². The van der Waals surface area contributed by atoms with Gasteiger partial charge in [0.25, 0.3) is 0 Å². The fraction of sp³-hybridized carbons (Fsp3) is 0.0556. The Morgan fingerprint density at radius 3 is 2.19 bits per heavy atom. The number of rotatable bonds is 3. The van der Waals surface area contributed by atoms with Crippen molar-refractivity contribution in [2.45, 2.75) is 6.92 Å². The molecule has 21 heavy (non-hydrogen) atoms. The van der Waals surface area contributed by atoms with Crippen LogP contribution in [0.2, 0.25) is 0 Å². The summed E-state index contributed by atoms with van der Waals surface area (Å²) in [6.07, 6.45) is 3.84. The van der Waals surface area contributed by atoms with Crippen molar-refractivity contribution in [3.8, 4) is 11.1 Å². The van der Waals surface area contributed by atoms with Crippen LogP contribution in [-0.2, 0) is 0 Å². The molecule has 0 radical (unpaired) electrons. The van der Waals surface area contributed by atoms with Crippen molar-refractivity contribution in [3.63, 3.8) is 0 Å². The van der Waals surface area contributed by atoms with E-state index in [2.05, 4.69) is 41.6 Å². The topological polar surface area (TPSA) is 52.0 Å². The Morgan fingerprint density at radius 1 is 0.905 bits per heavy atom. The molecule has 3 heteroatoms. The minimum Gasteiger partial charge on any atom is -0.394 e. The first-order valence-corrected chi connectivity index (χ1v) is 6.79. The molecule has 0 fully saturated rings. The van der Waals surface area contributed by atoms with Crippen molar-refractivity contribution >= 4 is 17.8 Å². The molecule has 0 spiro atoms. The second-order valence-electron chi connectivity index (χ2n) is 4.86. The lowest BCUT2D eigenvalue weighted by Crippen LogP contribution is -1.86. The zero-order valence-electron chi connectivity index (χ0n) is 11.8. The number of nitrogens with two attached hydrogens (primary N) is 1. The minimum atomic E-state index is 0.590. The van der Waals surface area contributed by atoms with E-state index in [4.69, 9.17) is 10.3 Å². The summed E-state index contributed by atoms with van der Waals surface area (Å²) in [6.45, 7) is 1.80. The second kappa shape index (κ2) is 5.67. The van der Waals surface area contributed by atoms with Crippen LogP contribution in [0.5, 0.6) is 0 Å². The van der Waals surface area contributed by atoms with E-state index in [1.54, 1.807) is 6.92 Å². The molecule has 0 unspecified atom stereocenters. The Bertz CT molecular complexity index is 756. The molecule has 2 aromatic carbocycles.